The van der Waals surface area contributed by atoms with Gasteiger partial charge in [-0.1, -0.05) is 30.3 Å². The van der Waals surface area contributed by atoms with E-state index in [-0.39, 0.29) is 31.5 Å². The summed E-state index contributed by atoms with van der Waals surface area (Å²) in [6.07, 6.45) is 2.07. The number of likely N-dealkylation sites (tertiary alicyclic amines) is 1. The highest BCUT2D eigenvalue weighted by Crippen LogP contribution is 2.18. The molecule has 7 heteroatoms. The number of imidazole rings is 1. The van der Waals surface area contributed by atoms with Crippen molar-refractivity contribution in [2.75, 3.05) is 19.6 Å². The molecule has 1 N–H and O–H groups in total. The molecule has 0 bridgehead atoms. The summed E-state index contributed by atoms with van der Waals surface area (Å²) in [6, 6.07) is 17.2. The van der Waals surface area contributed by atoms with Crippen LogP contribution in [0.5, 0.6) is 5.75 Å². The minimum absolute atomic E-state index is 0.0287. The second-order valence-electron chi connectivity index (χ2n) is 7.07. The van der Waals surface area contributed by atoms with Gasteiger partial charge < -0.3 is 19.5 Å². The number of benzene rings is 2. The Balaban J connectivity index is 1.44. The lowest BCUT2D eigenvalue weighted by molar-refractivity contribution is -0.132. The van der Waals surface area contributed by atoms with E-state index in [1.54, 1.807) is 4.90 Å². The van der Waals surface area contributed by atoms with E-state index < -0.39 is 0 Å². The topological polar surface area (TPSA) is 76.5 Å². The van der Waals surface area contributed by atoms with Crippen LogP contribution in [0.4, 0.5) is 0 Å². The van der Waals surface area contributed by atoms with Gasteiger partial charge >= 0.3 is 0 Å². The first-order chi connectivity index (χ1) is 14.2. The number of carbonyl (C=O) groups excluding carboxylic acids is 2. The summed E-state index contributed by atoms with van der Waals surface area (Å²) in [5.74, 6) is 1.16. The summed E-state index contributed by atoms with van der Waals surface area (Å²) < 4.78 is 7.67. The van der Waals surface area contributed by atoms with Crippen molar-refractivity contribution in [3.8, 4) is 5.75 Å². The lowest BCUT2D eigenvalue weighted by Crippen LogP contribution is -2.39. The molecular weight excluding hydrogens is 368 g/mol. The first kappa shape index (κ1) is 19.0. The van der Waals surface area contributed by atoms with Crippen LogP contribution in [0, 0.1) is 0 Å². The molecule has 1 aliphatic rings. The number of hydrogen-bond acceptors (Lipinski definition) is 4. The molecule has 2 aromatic carbocycles. The van der Waals surface area contributed by atoms with Gasteiger partial charge in [-0.05, 0) is 37.1 Å². The maximum absolute atomic E-state index is 12.5. The van der Waals surface area contributed by atoms with Crippen LogP contribution in [0.1, 0.15) is 18.7 Å². The summed E-state index contributed by atoms with van der Waals surface area (Å²) in [6.45, 7) is 1.92. The summed E-state index contributed by atoms with van der Waals surface area (Å²) >= 11 is 0. The molecular formula is C22H24N4O3. The first-order valence-electron chi connectivity index (χ1n) is 9.87. The molecule has 1 saturated heterocycles. The molecule has 29 heavy (non-hydrogen) atoms. The highest BCUT2D eigenvalue weighted by atomic mass is 16.5. The molecule has 0 atom stereocenters. The molecule has 2 heterocycles. The van der Waals surface area contributed by atoms with Crippen molar-refractivity contribution in [1.29, 1.82) is 0 Å². The number of carbonyl (C=O) groups is 2. The SMILES string of the molecule is O=C(Cn1c(COc2ccccc2)nc2ccccc21)NCC(=O)N1CCCC1. The minimum atomic E-state index is -0.221. The van der Waals surface area contributed by atoms with Crippen LogP contribution in [0.3, 0.4) is 0 Å². The summed E-state index contributed by atoms with van der Waals surface area (Å²) in [5.41, 5.74) is 1.67. The Kier molecular flexibility index (Phi) is 5.74. The van der Waals surface area contributed by atoms with Crippen LogP contribution in [-0.4, -0.2) is 45.9 Å². The molecule has 0 radical (unpaired) electrons. The van der Waals surface area contributed by atoms with Crippen LogP contribution >= 0.6 is 0 Å². The molecule has 4 rings (SSSR count). The molecule has 0 unspecified atom stereocenters. The molecule has 0 aliphatic carbocycles. The highest BCUT2D eigenvalue weighted by Gasteiger charge is 2.19. The van der Waals surface area contributed by atoms with E-state index in [4.69, 9.17) is 4.74 Å². The molecule has 1 aliphatic heterocycles. The van der Waals surface area contributed by atoms with Crippen molar-refractivity contribution in [2.45, 2.75) is 26.0 Å². The number of ether oxygens (including phenoxy) is 1. The van der Waals surface area contributed by atoms with Crippen LogP contribution in [0.2, 0.25) is 0 Å². The number of nitrogens with zero attached hydrogens (tertiary/aromatic N) is 3. The second kappa shape index (κ2) is 8.77. The van der Waals surface area contributed by atoms with Gasteiger partial charge in [0.25, 0.3) is 0 Å². The zero-order valence-corrected chi connectivity index (χ0v) is 16.2. The quantitative estimate of drug-likeness (QED) is 0.670. The molecule has 1 aromatic heterocycles. The first-order valence-corrected chi connectivity index (χ1v) is 9.87. The Morgan fingerprint density at radius 2 is 1.72 bits per heavy atom. The number of hydrogen-bond donors (Lipinski definition) is 1. The maximum atomic E-state index is 12.5. The summed E-state index contributed by atoms with van der Waals surface area (Å²) in [7, 11) is 0. The smallest absolute Gasteiger partial charge is 0.241 e. The van der Waals surface area contributed by atoms with E-state index in [0.29, 0.717) is 5.82 Å². The van der Waals surface area contributed by atoms with Gasteiger partial charge in [-0.25, -0.2) is 4.98 Å². The van der Waals surface area contributed by atoms with Crippen LogP contribution < -0.4 is 10.1 Å². The third-order valence-corrected chi connectivity index (χ3v) is 5.04. The third-order valence-electron chi connectivity index (χ3n) is 5.04. The van der Waals surface area contributed by atoms with Gasteiger partial charge in [0.05, 0.1) is 17.6 Å². The number of fused-ring (bicyclic) bond motifs is 1. The number of nitrogens with one attached hydrogen (secondary N) is 1. The van der Waals surface area contributed by atoms with Gasteiger partial charge in [-0.15, -0.1) is 0 Å². The van der Waals surface area contributed by atoms with Gasteiger partial charge in [-0.2, -0.15) is 0 Å². The number of rotatable bonds is 7. The van der Waals surface area contributed by atoms with Gasteiger partial charge in [0.15, 0.2) is 0 Å². The fourth-order valence-corrected chi connectivity index (χ4v) is 3.53. The van der Waals surface area contributed by atoms with E-state index in [9.17, 15) is 9.59 Å². The number of aromatic nitrogens is 2. The van der Waals surface area contributed by atoms with E-state index in [1.807, 2.05) is 59.2 Å². The van der Waals surface area contributed by atoms with Crippen molar-refractivity contribution in [1.82, 2.24) is 19.8 Å². The molecule has 0 saturated carbocycles. The zero-order valence-electron chi connectivity index (χ0n) is 16.2. The van der Waals surface area contributed by atoms with E-state index in [2.05, 4.69) is 10.3 Å². The summed E-state index contributed by atoms with van der Waals surface area (Å²) in [5, 5.41) is 2.74. The molecule has 150 valence electrons. The standard InChI is InChI=1S/C22H24N4O3/c27-21(23-14-22(28)25-12-6-7-13-25)15-26-19-11-5-4-10-18(19)24-20(26)16-29-17-8-2-1-3-9-17/h1-5,8-11H,6-7,12-16H2,(H,23,27). The average Bonchev–Trinajstić information content (AvgIpc) is 3.40. The van der Waals surface area contributed by atoms with Gasteiger partial charge in [0.1, 0.15) is 24.7 Å². The normalized spacial score (nSPS) is 13.6. The summed E-state index contributed by atoms with van der Waals surface area (Å²) in [4.78, 5) is 31.1. The van der Waals surface area contributed by atoms with E-state index in [1.165, 1.54) is 0 Å². The number of para-hydroxylation sites is 3. The molecule has 0 spiro atoms. The Labute approximate surface area is 169 Å². The third kappa shape index (κ3) is 4.56. The Morgan fingerprint density at radius 3 is 2.52 bits per heavy atom. The Morgan fingerprint density at radius 1 is 1.00 bits per heavy atom. The van der Waals surface area contributed by atoms with E-state index in [0.717, 1.165) is 42.7 Å². The monoisotopic (exact) mass is 392 g/mol. The second-order valence-corrected chi connectivity index (χ2v) is 7.07. The average molecular weight is 392 g/mol. The van der Waals surface area contributed by atoms with Gasteiger partial charge in [0.2, 0.25) is 11.8 Å². The molecule has 3 aromatic rings. The largest absolute Gasteiger partial charge is 0.486 e. The fraction of sp³-hybridized carbons (Fsp3) is 0.318. The minimum Gasteiger partial charge on any atom is -0.486 e. The van der Waals surface area contributed by atoms with Crippen LogP contribution in [-0.2, 0) is 22.7 Å². The lowest BCUT2D eigenvalue weighted by atomic mass is 10.3. The van der Waals surface area contributed by atoms with Crippen LogP contribution in [0.15, 0.2) is 54.6 Å². The fourth-order valence-electron chi connectivity index (χ4n) is 3.53. The zero-order chi connectivity index (χ0) is 20.1. The Bertz CT molecular complexity index is 994. The van der Waals surface area contributed by atoms with Crippen molar-refractivity contribution >= 4 is 22.8 Å². The Hall–Kier alpha value is -3.35. The van der Waals surface area contributed by atoms with Crippen molar-refractivity contribution in [3.05, 3.63) is 60.4 Å². The van der Waals surface area contributed by atoms with Crippen molar-refractivity contribution in [3.63, 3.8) is 0 Å². The predicted molar refractivity (Wildman–Crippen MR) is 109 cm³/mol. The molecule has 7 nitrogen and oxygen atoms in total. The number of amides is 2. The van der Waals surface area contributed by atoms with Crippen molar-refractivity contribution in [2.24, 2.45) is 0 Å². The lowest BCUT2D eigenvalue weighted by Gasteiger charge is -2.16. The molecule has 2 amide bonds. The van der Waals surface area contributed by atoms with Gasteiger partial charge in [0, 0.05) is 13.1 Å². The predicted octanol–water partition coefficient (Wildman–Crippen LogP) is 2.35. The van der Waals surface area contributed by atoms with Crippen LogP contribution in [0.25, 0.3) is 11.0 Å². The molecule has 1 fully saturated rings. The van der Waals surface area contributed by atoms with Crippen molar-refractivity contribution < 1.29 is 14.3 Å². The van der Waals surface area contributed by atoms with E-state index >= 15 is 0 Å². The maximum Gasteiger partial charge on any atom is 0.241 e. The highest BCUT2D eigenvalue weighted by molar-refractivity contribution is 5.86. The van der Waals surface area contributed by atoms with Gasteiger partial charge in [-0.3, -0.25) is 9.59 Å².